The third-order valence-electron chi connectivity index (χ3n) is 5.05. The monoisotopic (exact) mass is 252 g/mol. The molecule has 0 amide bonds. The molecule has 2 aliphatic rings. The van der Waals surface area contributed by atoms with E-state index < -0.39 is 5.60 Å². The van der Waals surface area contributed by atoms with Crippen LogP contribution in [0.3, 0.4) is 0 Å². The molecular weight excluding hydrogens is 228 g/mol. The average Bonchev–Trinajstić information content (AvgIpc) is 2.68. The van der Waals surface area contributed by atoms with Gasteiger partial charge in [-0.25, -0.2) is 0 Å². The van der Waals surface area contributed by atoms with E-state index in [2.05, 4.69) is 19.9 Å². The largest absolute Gasteiger partial charge is 0.469 e. The molecule has 2 aliphatic carbocycles. The van der Waals surface area contributed by atoms with E-state index in [0.717, 1.165) is 32.1 Å². The molecule has 18 heavy (non-hydrogen) atoms. The smallest absolute Gasteiger partial charge is 0.312 e. The molecule has 1 saturated carbocycles. The number of carbonyl (C=O) groups excluding carboxylic acids is 1. The van der Waals surface area contributed by atoms with Crippen molar-refractivity contribution in [1.29, 1.82) is 0 Å². The topological polar surface area (TPSA) is 46.5 Å². The van der Waals surface area contributed by atoms with Crippen molar-refractivity contribution in [3.63, 3.8) is 0 Å². The molecule has 3 nitrogen and oxygen atoms in total. The minimum atomic E-state index is -0.607. The lowest BCUT2D eigenvalue weighted by Crippen LogP contribution is -2.48. The van der Waals surface area contributed by atoms with Crippen LogP contribution in [0.25, 0.3) is 0 Å². The van der Waals surface area contributed by atoms with Gasteiger partial charge in [0.15, 0.2) is 0 Å². The second-order valence-corrected chi connectivity index (χ2v) is 6.12. The standard InChI is InChI=1S/C15H24O3/c1-11(2)15(17)8-4-7-14(15)9-5-12(6-10-14)13(16)18-3/h5,9,11-12,17H,4,6-8,10H2,1-3H3/t12-,14-,15-/m0/s1. The van der Waals surface area contributed by atoms with Crippen molar-refractivity contribution in [2.24, 2.45) is 17.3 Å². The Morgan fingerprint density at radius 1 is 1.39 bits per heavy atom. The molecular formula is C15H24O3. The first kappa shape index (κ1) is 13.6. The van der Waals surface area contributed by atoms with Gasteiger partial charge in [-0.15, -0.1) is 0 Å². The second kappa shape index (κ2) is 4.69. The zero-order valence-electron chi connectivity index (χ0n) is 11.6. The molecule has 0 aliphatic heterocycles. The van der Waals surface area contributed by atoms with E-state index in [4.69, 9.17) is 4.74 Å². The van der Waals surface area contributed by atoms with Crippen LogP contribution < -0.4 is 0 Å². The number of methoxy groups -OCH3 is 1. The minimum absolute atomic E-state index is 0.119. The normalized spacial score (nSPS) is 39.5. The molecule has 0 heterocycles. The van der Waals surface area contributed by atoms with Crippen molar-refractivity contribution in [3.05, 3.63) is 12.2 Å². The highest BCUT2D eigenvalue weighted by atomic mass is 16.5. The van der Waals surface area contributed by atoms with Gasteiger partial charge in [-0.3, -0.25) is 4.79 Å². The highest BCUT2D eigenvalue weighted by molar-refractivity contribution is 5.74. The summed E-state index contributed by atoms with van der Waals surface area (Å²) in [4.78, 5) is 11.5. The van der Waals surface area contributed by atoms with E-state index in [1.165, 1.54) is 7.11 Å². The summed E-state index contributed by atoms with van der Waals surface area (Å²) < 4.78 is 4.79. The third kappa shape index (κ3) is 1.89. The molecule has 2 rings (SSSR count). The van der Waals surface area contributed by atoms with Crippen LogP contribution in [0.4, 0.5) is 0 Å². The molecule has 0 saturated heterocycles. The molecule has 0 aromatic rings. The summed E-state index contributed by atoms with van der Waals surface area (Å²) in [6, 6.07) is 0. The summed E-state index contributed by atoms with van der Waals surface area (Å²) in [6.45, 7) is 4.18. The quantitative estimate of drug-likeness (QED) is 0.607. The van der Waals surface area contributed by atoms with Crippen molar-refractivity contribution in [3.8, 4) is 0 Å². The van der Waals surface area contributed by atoms with E-state index in [1.807, 2.05) is 6.08 Å². The Morgan fingerprint density at radius 2 is 2.11 bits per heavy atom. The van der Waals surface area contributed by atoms with E-state index in [9.17, 15) is 9.90 Å². The Kier molecular flexibility index (Phi) is 3.54. The van der Waals surface area contributed by atoms with Crippen molar-refractivity contribution in [2.75, 3.05) is 7.11 Å². The molecule has 1 N–H and O–H groups in total. The Balaban J connectivity index is 2.22. The number of esters is 1. The lowest BCUT2D eigenvalue weighted by Gasteiger charge is -2.45. The van der Waals surface area contributed by atoms with E-state index in [0.29, 0.717) is 0 Å². The number of aliphatic hydroxyl groups is 1. The SMILES string of the molecule is COC(=O)[C@H]1C=C[C@@]2(CCC[C@]2(O)C(C)C)CC1. The first-order chi connectivity index (χ1) is 8.45. The van der Waals surface area contributed by atoms with Gasteiger partial charge < -0.3 is 9.84 Å². The van der Waals surface area contributed by atoms with Crippen molar-refractivity contribution < 1.29 is 14.6 Å². The van der Waals surface area contributed by atoms with Crippen LogP contribution >= 0.6 is 0 Å². The minimum Gasteiger partial charge on any atom is -0.469 e. The molecule has 0 aromatic heterocycles. The summed E-state index contributed by atoms with van der Waals surface area (Å²) in [5, 5.41) is 11.0. The lowest BCUT2D eigenvalue weighted by atomic mass is 9.63. The molecule has 1 fully saturated rings. The fourth-order valence-electron chi connectivity index (χ4n) is 3.81. The maximum Gasteiger partial charge on any atom is 0.312 e. The predicted molar refractivity (Wildman–Crippen MR) is 70.0 cm³/mol. The maximum absolute atomic E-state index is 11.5. The number of ether oxygens (including phenoxy) is 1. The van der Waals surface area contributed by atoms with Crippen molar-refractivity contribution >= 4 is 5.97 Å². The van der Waals surface area contributed by atoms with Crippen LogP contribution in [-0.2, 0) is 9.53 Å². The summed E-state index contributed by atoms with van der Waals surface area (Å²) in [7, 11) is 1.43. The number of carbonyl (C=O) groups is 1. The fraction of sp³-hybridized carbons (Fsp3) is 0.800. The van der Waals surface area contributed by atoms with Gasteiger partial charge in [-0.05, 0) is 38.0 Å². The van der Waals surface area contributed by atoms with E-state index in [-0.39, 0.29) is 23.2 Å². The molecule has 0 bridgehead atoms. The predicted octanol–water partition coefficient (Wildman–Crippen LogP) is 2.68. The van der Waals surface area contributed by atoms with Gasteiger partial charge in [-0.2, -0.15) is 0 Å². The molecule has 0 aromatic carbocycles. The molecule has 3 heteroatoms. The Morgan fingerprint density at radius 3 is 2.61 bits per heavy atom. The van der Waals surface area contributed by atoms with Gasteiger partial charge in [0.1, 0.15) is 0 Å². The first-order valence-electron chi connectivity index (χ1n) is 6.95. The highest BCUT2D eigenvalue weighted by Gasteiger charge is 2.54. The first-order valence-corrected chi connectivity index (χ1v) is 6.95. The maximum atomic E-state index is 11.5. The molecule has 3 atom stereocenters. The second-order valence-electron chi connectivity index (χ2n) is 6.12. The third-order valence-corrected chi connectivity index (χ3v) is 5.05. The Hall–Kier alpha value is -0.830. The van der Waals surface area contributed by atoms with Gasteiger partial charge in [0.2, 0.25) is 0 Å². The molecule has 1 spiro atoms. The van der Waals surface area contributed by atoms with Crippen LogP contribution in [0.5, 0.6) is 0 Å². The zero-order valence-corrected chi connectivity index (χ0v) is 11.6. The number of hydrogen-bond acceptors (Lipinski definition) is 3. The van der Waals surface area contributed by atoms with Crippen LogP contribution in [-0.4, -0.2) is 23.8 Å². The van der Waals surface area contributed by atoms with Gasteiger partial charge in [0, 0.05) is 5.41 Å². The Labute approximate surface area is 109 Å². The Bertz CT molecular complexity index is 361. The van der Waals surface area contributed by atoms with Crippen LogP contribution in [0.1, 0.15) is 46.0 Å². The van der Waals surface area contributed by atoms with E-state index in [1.54, 1.807) is 0 Å². The molecule has 0 unspecified atom stereocenters. The fourth-order valence-corrected chi connectivity index (χ4v) is 3.81. The van der Waals surface area contributed by atoms with Crippen LogP contribution in [0.15, 0.2) is 12.2 Å². The average molecular weight is 252 g/mol. The summed E-state index contributed by atoms with van der Waals surface area (Å²) in [5.41, 5.74) is -0.726. The lowest BCUT2D eigenvalue weighted by molar-refractivity contribution is -0.145. The summed E-state index contributed by atoms with van der Waals surface area (Å²) in [5.74, 6) is -0.0378. The molecule has 102 valence electrons. The zero-order chi connectivity index (χ0) is 13.4. The summed E-state index contributed by atoms with van der Waals surface area (Å²) >= 11 is 0. The summed E-state index contributed by atoms with van der Waals surface area (Å²) in [6.07, 6.45) is 8.71. The van der Waals surface area contributed by atoms with Crippen LogP contribution in [0.2, 0.25) is 0 Å². The number of rotatable bonds is 2. The van der Waals surface area contributed by atoms with Gasteiger partial charge in [0.25, 0.3) is 0 Å². The molecule has 0 radical (unpaired) electrons. The van der Waals surface area contributed by atoms with Crippen molar-refractivity contribution in [1.82, 2.24) is 0 Å². The highest BCUT2D eigenvalue weighted by Crippen LogP contribution is 2.56. The number of hydrogen-bond donors (Lipinski definition) is 1. The van der Waals surface area contributed by atoms with Crippen LogP contribution in [0, 0.1) is 17.3 Å². The van der Waals surface area contributed by atoms with Gasteiger partial charge in [0.05, 0.1) is 18.6 Å². The van der Waals surface area contributed by atoms with Gasteiger partial charge in [-0.1, -0.05) is 26.0 Å². The van der Waals surface area contributed by atoms with Crippen molar-refractivity contribution in [2.45, 2.75) is 51.6 Å². The van der Waals surface area contributed by atoms with Gasteiger partial charge >= 0.3 is 5.97 Å². The van der Waals surface area contributed by atoms with E-state index >= 15 is 0 Å².